The molecule has 0 aliphatic heterocycles. The van der Waals surface area contributed by atoms with Crippen LogP contribution < -0.4 is 10.6 Å². The molecule has 0 aliphatic rings. The molecular weight excluding hydrogens is 256 g/mol. The SMILES string of the molecule is Cc1n[nH]c(C)c1NC(=S)N[C@@H](C)c1ccccc1. The number of nitrogens with one attached hydrogen (secondary N) is 3. The average molecular weight is 274 g/mol. The van der Waals surface area contributed by atoms with Crippen molar-refractivity contribution in [2.75, 3.05) is 5.32 Å². The Balaban J connectivity index is 1.99. The van der Waals surface area contributed by atoms with Crippen LogP contribution in [0.3, 0.4) is 0 Å². The number of hydrogen-bond acceptors (Lipinski definition) is 2. The van der Waals surface area contributed by atoms with Gasteiger partial charge in [0.1, 0.15) is 0 Å². The maximum Gasteiger partial charge on any atom is 0.171 e. The molecule has 1 aromatic carbocycles. The minimum atomic E-state index is 0.161. The zero-order chi connectivity index (χ0) is 13.8. The fourth-order valence-electron chi connectivity index (χ4n) is 1.91. The second-order valence-electron chi connectivity index (χ2n) is 4.54. The molecule has 0 fully saturated rings. The summed E-state index contributed by atoms with van der Waals surface area (Å²) >= 11 is 5.33. The number of benzene rings is 1. The molecule has 1 aromatic heterocycles. The van der Waals surface area contributed by atoms with Gasteiger partial charge in [-0.25, -0.2) is 0 Å². The van der Waals surface area contributed by atoms with Crippen LogP contribution >= 0.6 is 12.2 Å². The summed E-state index contributed by atoms with van der Waals surface area (Å²) in [6.45, 7) is 5.99. The molecular formula is C14H18N4S. The van der Waals surface area contributed by atoms with Crippen LogP contribution in [0.15, 0.2) is 30.3 Å². The van der Waals surface area contributed by atoms with Crippen LogP contribution in [-0.2, 0) is 0 Å². The van der Waals surface area contributed by atoms with Crippen molar-refractivity contribution in [2.24, 2.45) is 0 Å². The van der Waals surface area contributed by atoms with E-state index in [-0.39, 0.29) is 6.04 Å². The second-order valence-corrected chi connectivity index (χ2v) is 4.95. The lowest BCUT2D eigenvalue weighted by molar-refractivity contribution is 0.722. The maximum absolute atomic E-state index is 5.33. The molecule has 0 aliphatic carbocycles. The van der Waals surface area contributed by atoms with Gasteiger partial charge in [-0.2, -0.15) is 5.10 Å². The van der Waals surface area contributed by atoms with Gasteiger partial charge in [0.15, 0.2) is 5.11 Å². The summed E-state index contributed by atoms with van der Waals surface area (Å²) in [5, 5.41) is 14.1. The number of rotatable bonds is 3. The van der Waals surface area contributed by atoms with E-state index in [1.807, 2.05) is 32.0 Å². The number of thiocarbonyl (C=S) groups is 1. The highest BCUT2D eigenvalue weighted by molar-refractivity contribution is 7.80. The van der Waals surface area contributed by atoms with Gasteiger partial charge < -0.3 is 10.6 Å². The Hall–Kier alpha value is -1.88. The molecule has 100 valence electrons. The predicted octanol–water partition coefficient (Wildman–Crippen LogP) is 3.07. The van der Waals surface area contributed by atoms with Crippen molar-refractivity contribution < 1.29 is 0 Å². The van der Waals surface area contributed by atoms with Gasteiger partial charge in [0.2, 0.25) is 0 Å². The van der Waals surface area contributed by atoms with Crippen molar-refractivity contribution in [3.63, 3.8) is 0 Å². The number of nitrogens with zero attached hydrogens (tertiary/aromatic N) is 1. The van der Waals surface area contributed by atoms with Crippen molar-refractivity contribution in [3.05, 3.63) is 47.3 Å². The lowest BCUT2D eigenvalue weighted by atomic mass is 10.1. The third-order valence-electron chi connectivity index (χ3n) is 3.01. The van der Waals surface area contributed by atoms with E-state index < -0.39 is 0 Å². The number of anilines is 1. The molecule has 0 radical (unpaired) electrons. The molecule has 0 bridgehead atoms. The Morgan fingerprint density at radius 2 is 1.95 bits per heavy atom. The Morgan fingerprint density at radius 1 is 1.26 bits per heavy atom. The Labute approximate surface area is 118 Å². The minimum Gasteiger partial charge on any atom is -0.356 e. The van der Waals surface area contributed by atoms with Gasteiger partial charge in [0.25, 0.3) is 0 Å². The Kier molecular flexibility index (Phi) is 4.16. The molecule has 0 saturated heterocycles. The summed E-state index contributed by atoms with van der Waals surface area (Å²) in [4.78, 5) is 0. The maximum atomic E-state index is 5.33. The van der Waals surface area contributed by atoms with E-state index in [4.69, 9.17) is 12.2 Å². The molecule has 5 heteroatoms. The molecule has 2 aromatic rings. The van der Waals surface area contributed by atoms with Crippen LogP contribution in [0.4, 0.5) is 5.69 Å². The van der Waals surface area contributed by atoms with Crippen molar-refractivity contribution in [1.82, 2.24) is 15.5 Å². The highest BCUT2D eigenvalue weighted by atomic mass is 32.1. The van der Waals surface area contributed by atoms with Crippen LogP contribution in [-0.4, -0.2) is 15.3 Å². The Bertz CT molecular complexity index is 543. The normalized spacial score (nSPS) is 11.9. The van der Waals surface area contributed by atoms with Crippen LogP contribution in [0.5, 0.6) is 0 Å². The van der Waals surface area contributed by atoms with E-state index in [1.165, 1.54) is 5.56 Å². The van der Waals surface area contributed by atoms with Crippen LogP contribution in [0.25, 0.3) is 0 Å². The summed E-state index contributed by atoms with van der Waals surface area (Å²) in [5.41, 5.74) is 4.04. The molecule has 0 saturated carbocycles. The van der Waals surface area contributed by atoms with Gasteiger partial charge in [-0.15, -0.1) is 0 Å². The standard InChI is InChI=1S/C14H18N4S/c1-9(12-7-5-4-6-8-12)15-14(19)16-13-10(2)17-18-11(13)3/h4-9H,1-3H3,(H,17,18)(H2,15,16,19)/t9-/m0/s1. The first-order chi connectivity index (χ1) is 9.08. The first kappa shape index (κ1) is 13.5. The first-order valence-electron chi connectivity index (χ1n) is 6.22. The topological polar surface area (TPSA) is 52.7 Å². The Morgan fingerprint density at radius 3 is 2.53 bits per heavy atom. The van der Waals surface area contributed by atoms with E-state index in [2.05, 4.69) is 39.9 Å². The smallest absolute Gasteiger partial charge is 0.171 e. The number of aromatic nitrogens is 2. The lowest BCUT2D eigenvalue weighted by Crippen LogP contribution is -2.31. The third-order valence-corrected chi connectivity index (χ3v) is 3.23. The second kappa shape index (κ2) is 5.84. The summed E-state index contributed by atoms with van der Waals surface area (Å²) < 4.78 is 0. The fraction of sp³-hybridized carbons (Fsp3) is 0.286. The molecule has 1 atom stereocenters. The quantitative estimate of drug-likeness (QED) is 0.753. The largest absolute Gasteiger partial charge is 0.356 e. The monoisotopic (exact) mass is 274 g/mol. The van der Waals surface area contributed by atoms with Crippen LogP contribution in [0.2, 0.25) is 0 Å². The molecule has 4 nitrogen and oxygen atoms in total. The summed E-state index contributed by atoms with van der Waals surface area (Å²) in [7, 11) is 0. The highest BCUT2D eigenvalue weighted by Crippen LogP contribution is 2.17. The van der Waals surface area contributed by atoms with Crippen molar-refractivity contribution in [3.8, 4) is 0 Å². The van der Waals surface area contributed by atoms with Gasteiger partial charge in [0, 0.05) is 0 Å². The fourth-order valence-corrected chi connectivity index (χ4v) is 2.19. The van der Waals surface area contributed by atoms with Gasteiger partial charge in [-0.05, 0) is 38.6 Å². The molecule has 0 amide bonds. The molecule has 3 N–H and O–H groups in total. The zero-order valence-corrected chi connectivity index (χ0v) is 12.1. The van der Waals surface area contributed by atoms with E-state index in [1.54, 1.807) is 0 Å². The van der Waals surface area contributed by atoms with Gasteiger partial charge >= 0.3 is 0 Å². The molecule has 0 unspecified atom stereocenters. The summed E-state index contributed by atoms with van der Waals surface area (Å²) in [6.07, 6.45) is 0. The van der Waals surface area contributed by atoms with Gasteiger partial charge in [-0.1, -0.05) is 30.3 Å². The molecule has 0 spiro atoms. The van der Waals surface area contributed by atoms with Gasteiger partial charge in [-0.3, -0.25) is 5.10 Å². The molecule has 1 heterocycles. The number of aromatic amines is 1. The van der Waals surface area contributed by atoms with E-state index in [0.29, 0.717) is 5.11 Å². The third kappa shape index (κ3) is 3.32. The summed E-state index contributed by atoms with van der Waals surface area (Å²) in [6, 6.07) is 10.4. The molecule has 19 heavy (non-hydrogen) atoms. The number of hydrogen-bond donors (Lipinski definition) is 3. The predicted molar refractivity (Wildman–Crippen MR) is 82.3 cm³/mol. The number of aryl methyl sites for hydroxylation is 2. The lowest BCUT2D eigenvalue weighted by Gasteiger charge is -2.17. The van der Waals surface area contributed by atoms with E-state index in [9.17, 15) is 0 Å². The zero-order valence-electron chi connectivity index (χ0n) is 11.3. The van der Waals surface area contributed by atoms with E-state index in [0.717, 1.165) is 17.1 Å². The van der Waals surface area contributed by atoms with Gasteiger partial charge in [0.05, 0.1) is 23.1 Å². The van der Waals surface area contributed by atoms with Crippen LogP contribution in [0, 0.1) is 13.8 Å². The number of H-pyrrole nitrogens is 1. The minimum absolute atomic E-state index is 0.161. The summed E-state index contributed by atoms with van der Waals surface area (Å²) in [5.74, 6) is 0. The van der Waals surface area contributed by atoms with Crippen molar-refractivity contribution >= 4 is 23.0 Å². The first-order valence-corrected chi connectivity index (χ1v) is 6.62. The van der Waals surface area contributed by atoms with Crippen LogP contribution in [0.1, 0.15) is 29.9 Å². The van der Waals surface area contributed by atoms with Crippen molar-refractivity contribution in [2.45, 2.75) is 26.8 Å². The van der Waals surface area contributed by atoms with E-state index >= 15 is 0 Å². The average Bonchev–Trinajstić information content (AvgIpc) is 2.71. The molecule has 2 rings (SSSR count). The van der Waals surface area contributed by atoms with Crippen molar-refractivity contribution in [1.29, 1.82) is 0 Å². The highest BCUT2D eigenvalue weighted by Gasteiger charge is 2.10.